The number of H-pyrrole nitrogens is 1. The van der Waals surface area contributed by atoms with Crippen molar-refractivity contribution in [3.8, 4) is 28.1 Å². The van der Waals surface area contributed by atoms with E-state index < -0.39 is 0 Å². The zero-order valence-corrected chi connectivity index (χ0v) is 17.9. The van der Waals surface area contributed by atoms with Crippen LogP contribution in [0.15, 0.2) is 59.4 Å². The summed E-state index contributed by atoms with van der Waals surface area (Å²) in [5.74, 6) is 0.759. The van der Waals surface area contributed by atoms with Gasteiger partial charge in [0.2, 0.25) is 0 Å². The fraction of sp³-hybridized carbons (Fsp3) is 0.280. The topological polar surface area (TPSA) is 62.6 Å². The minimum absolute atomic E-state index is 0.0856. The standard InChI is InChI=1S/C25H26N4O2/c1-17-22(18-10-12-20(31-2)13-11-18)25(30)29-24(26-17)21(16-28-14-6-7-15-28)23(27-29)19-8-4-3-5-9-19/h3-5,8-13,27H,6-7,14-16H2,1-2H3. The number of benzene rings is 2. The normalized spacial score (nSPS) is 14.4. The van der Waals surface area contributed by atoms with Gasteiger partial charge in [-0.3, -0.25) is 14.8 Å². The summed E-state index contributed by atoms with van der Waals surface area (Å²) >= 11 is 0. The largest absolute Gasteiger partial charge is 0.497 e. The number of rotatable bonds is 5. The number of hydrogen-bond donors (Lipinski definition) is 1. The maximum Gasteiger partial charge on any atom is 0.280 e. The molecule has 1 fully saturated rings. The third-order valence-electron chi connectivity index (χ3n) is 6.08. The first kappa shape index (κ1) is 19.6. The number of nitrogens with one attached hydrogen (secondary N) is 1. The lowest BCUT2D eigenvalue weighted by atomic mass is 10.1. The lowest BCUT2D eigenvalue weighted by molar-refractivity contribution is 0.333. The predicted octanol–water partition coefficient (Wildman–Crippen LogP) is 4.27. The molecule has 0 saturated carbocycles. The summed E-state index contributed by atoms with van der Waals surface area (Å²) in [5.41, 5.74) is 5.90. The van der Waals surface area contributed by atoms with Crippen molar-refractivity contribution in [2.45, 2.75) is 26.3 Å². The van der Waals surface area contributed by atoms with Crippen LogP contribution in [0.25, 0.3) is 28.0 Å². The van der Waals surface area contributed by atoms with Crippen LogP contribution >= 0.6 is 0 Å². The molecule has 158 valence electrons. The van der Waals surface area contributed by atoms with Crippen molar-refractivity contribution < 1.29 is 4.74 Å². The van der Waals surface area contributed by atoms with Gasteiger partial charge in [0.15, 0.2) is 5.65 Å². The van der Waals surface area contributed by atoms with E-state index in [0.29, 0.717) is 11.2 Å². The predicted molar refractivity (Wildman–Crippen MR) is 122 cm³/mol. The summed E-state index contributed by atoms with van der Waals surface area (Å²) in [6.07, 6.45) is 2.44. The Morgan fingerprint density at radius 2 is 1.71 bits per heavy atom. The molecule has 0 atom stereocenters. The van der Waals surface area contributed by atoms with E-state index in [-0.39, 0.29) is 5.56 Å². The molecule has 0 spiro atoms. The number of ether oxygens (including phenoxy) is 1. The number of methoxy groups -OCH3 is 1. The third-order valence-corrected chi connectivity index (χ3v) is 6.08. The Bertz CT molecular complexity index is 1270. The Morgan fingerprint density at radius 3 is 2.39 bits per heavy atom. The maximum absolute atomic E-state index is 13.6. The second kappa shape index (κ2) is 8.04. The maximum atomic E-state index is 13.6. The first-order valence-corrected chi connectivity index (χ1v) is 10.7. The molecule has 3 heterocycles. The molecule has 0 amide bonds. The number of aryl methyl sites for hydroxylation is 1. The van der Waals surface area contributed by atoms with E-state index >= 15 is 0 Å². The van der Waals surface area contributed by atoms with Gasteiger partial charge in [-0.2, -0.15) is 0 Å². The average molecular weight is 415 g/mol. The number of likely N-dealkylation sites (tertiary alicyclic amines) is 1. The number of fused-ring (bicyclic) bond motifs is 1. The molecule has 6 heteroatoms. The SMILES string of the molecule is COc1ccc(-c2c(C)nc3c(CN4CCCC4)c(-c4ccccc4)[nH]n3c2=O)cc1. The van der Waals surface area contributed by atoms with Gasteiger partial charge in [0, 0.05) is 12.1 Å². The third kappa shape index (κ3) is 3.53. The van der Waals surface area contributed by atoms with Gasteiger partial charge in [-0.15, -0.1) is 0 Å². The van der Waals surface area contributed by atoms with Crippen molar-refractivity contribution in [3.05, 3.63) is 76.2 Å². The van der Waals surface area contributed by atoms with Crippen molar-refractivity contribution >= 4 is 5.65 Å². The fourth-order valence-corrected chi connectivity index (χ4v) is 4.47. The summed E-state index contributed by atoms with van der Waals surface area (Å²) in [5, 5.41) is 3.37. The van der Waals surface area contributed by atoms with E-state index in [4.69, 9.17) is 9.72 Å². The van der Waals surface area contributed by atoms with Crippen LogP contribution in [0.1, 0.15) is 24.1 Å². The van der Waals surface area contributed by atoms with Gasteiger partial charge in [0.25, 0.3) is 5.56 Å². The molecule has 6 nitrogen and oxygen atoms in total. The van der Waals surface area contributed by atoms with E-state index in [1.54, 1.807) is 11.6 Å². The smallest absolute Gasteiger partial charge is 0.280 e. The van der Waals surface area contributed by atoms with Crippen LogP contribution in [-0.2, 0) is 6.54 Å². The minimum Gasteiger partial charge on any atom is -0.497 e. The van der Waals surface area contributed by atoms with Crippen molar-refractivity contribution in [2.24, 2.45) is 0 Å². The summed E-state index contributed by atoms with van der Waals surface area (Å²) in [7, 11) is 1.63. The van der Waals surface area contributed by atoms with Crippen molar-refractivity contribution in [1.82, 2.24) is 19.5 Å². The molecule has 0 unspecified atom stereocenters. The number of aromatic amines is 1. The summed E-state index contributed by atoms with van der Waals surface area (Å²) in [6.45, 7) is 4.86. The van der Waals surface area contributed by atoms with Crippen LogP contribution in [0.5, 0.6) is 5.75 Å². The molecule has 0 aliphatic carbocycles. The fourth-order valence-electron chi connectivity index (χ4n) is 4.47. The Labute approximate surface area is 181 Å². The molecule has 2 aromatic heterocycles. The summed E-state index contributed by atoms with van der Waals surface area (Å²) < 4.78 is 6.87. The van der Waals surface area contributed by atoms with Crippen molar-refractivity contribution in [2.75, 3.05) is 20.2 Å². The molecule has 1 N–H and O–H groups in total. The number of aromatic nitrogens is 3. The van der Waals surface area contributed by atoms with E-state index in [1.165, 1.54) is 12.8 Å². The lowest BCUT2D eigenvalue weighted by Crippen LogP contribution is -2.21. The first-order valence-electron chi connectivity index (χ1n) is 10.7. The van der Waals surface area contributed by atoms with Crippen LogP contribution in [-0.4, -0.2) is 39.7 Å². The van der Waals surface area contributed by atoms with E-state index in [0.717, 1.165) is 53.5 Å². The van der Waals surface area contributed by atoms with E-state index in [1.807, 2.05) is 49.4 Å². The molecule has 0 bridgehead atoms. The van der Waals surface area contributed by atoms with Crippen LogP contribution in [0, 0.1) is 6.92 Å². The molecular formula is C25H26N4O2. The van der Waals surface area contributed by atoms with Crippen LogP contribution in [0.2, 0.25) is 0 Å². The van der Waals surface area contributed by atoms with Crippen molar-refractivity contribution in [3.63, 3.8) is 0 Å². The minimum atomic E-state index is -0.0856. The Balaban J connectivity index is 1.71. The Kier molecular flexibility index (Phi) is 5.08. The van der Waals surface area contributed by atoms with Gasteiger partial charge >= 0.3 is 0 Å². The van der Waals surface area contributed by atoms with Gasteiger partial charge in [0.1, 0.15) is 5.75 Å². The van der Waals surface area contributed by atoms with E-state index in [9.17, 15) is 4.79 Å². The molecule has 1 saturated heterocycles. The van der Waals surface area contributed by atoms with Gasteiger partial charge in [-0.1, -0.05) is 42.5 Å². The molecule has 1 aliphatic rings. The highest BCUT2D eigenvalue weighted by molar-refractivity contribution is 5.73. The van der Waals surface area contributed by atoms with Crippen LogP contribution in [0.4, 0.5) is 0 Å². The average Bonchev–Trinajstić information content (AvgIpc) is 3.44. The highest BCUT2D eigenvalue weighted by Crippen LogP contribution is 2.29. The molecule has 2 aromatic carbocycles. The molecular weight excluding hydrogens is 388 g/mol. The molecule has 1 aliphatic heterocycles. The molecule has 0 radical (unpaired) electrons. The molecule has 31 heavy (non-hydrogen) atoms. The first-order chi connectivity index (χ1) is 15.2. The van der Waals surface area contributed by atoms with Gasteiger partial charge in [-0.25, -0.2) is 9.50 Å². The van der Waals surface area contributed by atoms with Gasteiger partial charge in [0.05, 0.1) is 24.1 Å². The lowest BCUT2D eigenvalue weighted by Gasteiger charge is -2.15. The Morgan fingerprint density at radius 1 is 1.00 bits per heavy atom. The second-order valence-corrected chi connectivity index (χ2v) is 8.08. The number of nitrogens with zero attached hydrogens (tertiary/aromatic N) is 3. The summed E-state index contributed by atoms with van der Waals surface area (Å²) in [6, 6.07) is 17.7. The Hall–Kier alpha value is -3.38. The zero-order chi connectivity index (χ0) is 21.4. The van der Waals surface area contributed by atoms with Crippen LogP contribution in [0.3, 0.4) is 0 Å². The highest BCUT2D eigenvalue weighted by atomic mass is 16.5. The quantitative estimate of drug-likeness (QED) is 0.530. The molecule has 4 aromatic rings. The summed E-state index contributed by atoms with van der Waals surface area (Å²) in [4.78, 5) is 20.9. The highest BCUT2D eigenvalue weighted by Gasteiger charge is 2.22. The van der Waals surface area contributed by atoms with E-state index in [2.05, 4.69) is 22.1 Å². The van der Waals surface area contributed by atoms with Gasteiger partial charge < -0.3 is 4.74 Å². The van der Waals surface area contributed by atoms with Gasteiger partial charge in [-0.05, 0) is 56.1 Å². The molecule has 5 rings (SSSR count). The second-order valence-electron chi connectivity index (χ2n) is 8.08. The number of hydrogen-bond acceptors (Lipinski definition) is 4. The monoisotopic (exact) mass is 414 g/mol. The van der Waals surface area contributed by atoms with Crippen LogP contribution < -0.4 is 10.3 Å². The zero-order valence-electron chi connectivity index (χ0n) is 17.9. The van der Waals surface area contributed by atoms with Crippen molar-refractivity contribution in [1.29, 1.82) is 0 Å².